The Morgan fingerprint density at radius 1 is 0.882 bits per heavy atom. The number of nitrogens with zero attached hydrogens (tertiary/aromatic N) is 1. The van der Waals surface area contributed by atoms with Gasteiger partial charge in [0.2, 0.25) is 5.75 Å². The third-order valence-electron chi connectivity index (χ3n) is 5.73. The van der Waals surface area contributed by atoms with Crippen LogP contribution >= 0.6 is 0 Å². The number of carbonyl (C=O) groups excluding carboxylic acids is 2. The van der Waals surface area contributed by atoms with Gasteiger partial charge in [0, 0.05) is 24.4 Å². The van der Waals surface area contributed by atoms with Crippen molar-refractivity contribution in [1.29, 1.82) is 0 Å². The van der Waals surface area contributed by atoms with E-state index in [1.165, 1.54) is 21.3 Å². The summed E-state index contributed by atoms with van der Waals surface area (Å²) in [5.74, 6) is 1.03. The molecule has 3 aromatic carbocycles. The van der Waals surface area contributed by atoms with Crippen LogP contribution < -0.4 is 29.7 Å². The lowest BCUT2D eigenvalue weighted by Crippen LogP contribution is -2.43. The second-order valence-corrected chi connectivity index (χ2v) is 7.72. The number of fused-ring (bicyclic) bond motifs is 1. The lowest BCUT2D eigenvalue weighted by atomic mass is 10.1. The number of anilines is 2. The number of ether oxygens (including phenoxy) is 3. The van der Waals surface area contributed by atoms with Crippen molar-refractivity contribution in [2.45, 2.75) is 12.5 Å². The molecule has 0 aromatic heterocycles. The van der Waals surface area contributed by atoms with Gasteiger partial charge in [-0.2, -0.15) is 0 Å². The van der Waals surface area contributed by atoms with Crippen LogP contribution in [0.5, 0.6) is 17.2 Å². The number of methoxy groups -OCH3 is 3. The average Bonchev–Trinajstić information content (AvgIpc) is 3.31. The molecule has 0 saturated carbocycles. The predicted molar refractivity (Wildman–Crippen MR) is 130 cm³/mol. The van der Waals surface area contributed by atoms with Crippen molar-refractivity contribution in [3.05, 3.63) is 77.9 Å². The van der Waals surface area contributed by atoms with E-state index < -0.39 is 12.1 Å². The van der Waals surface area contributed by atoms with Crippen LogP contribution in [0.2, 0.25) is 0 Å². The van der Waals surface area contributed by atoms with Crippen LogP contribution in [0.1, 0.15) is 17.2 Å². The third-order valence-corrected chi connectivity index (χ3v) is 5.73. The fraction of sp³-hybridized carbons (Fsp3) is 0.231. The SMILES string of the molecule is COc1cc(NC(=O)N[C@H](C(=O)N2CCc3ccccc32)c2ccccc2)cc(OC)c1OC. The molecule has 0 bridgehead atoms. The summed E-state index contributed by atoms with van der Waals surface area (Å²) in [5.41, 5.74) is 3.11. The summed E-state index contributed by atoms with van der Waals surface area (Å²) in [7, 11) is 4.50. The summed E-state index contributed by atoms with van der Waals surface area (Å²) >= 11 is 0. The van der Waals surface area contributed by atoms with Gasteiger partial charge in [0.25, 0.3) is 5.91 Å². The molecule has 34 heavy (non-hydrogen) atoms. The highest BCUT2D eigenvalue weighted by atomic mass is 16.5. The molecular formula is C26H27N3O5. The summed E-state index contributed by atoms with van der Waals surface area (Å²) in [6.07, 6.45) is 0.779. The fourth-order valence-electron chi connectivity index (χ4n) is 4.11. The molecule has 0 spiro atoms. The normalized spacial score (nSPS) is 13.0. The van der Waals surface area contributed by atoms with Crippen molar-refractivity contribution < 1.29 is 23.8 Å². The Bertz CT molecular complexity index is 1160. The summed E-state index contributed by atoms with van der Waals surface area (Å²) in [4.78, 5) is 28.3. The van der Waals surface area contributed by atoms with Gasteiger partial charge in [0.15, 0.2) is 11.5 Å². The Hall–Kier alpha value is -4.20. The van der Waals surface area contributed by atoms with Gasteiger partial charge in [-0.25, -0.2) is 4.79 Å². The van der Waals surface area contributed by atoms with Crippen LogP contribution in [0, 0.1) is 0 Å². The topological polar surface area (TPSA) is 89.1 Å². The Balaban J connectivity index is 1.58. The maximum Gasteiger partial charge on any atom is 0.320 e. The van der Waals surface area contributed by atoms with Gasteiger partial charge in [0.05, 0.1) is 27.0 Å². The van der Waals surface area contributed by atoms with Crippen LogP contribution in [-0.4, -0.2) is 39.8 Å². The molecule has 1 heterocycles. The van der Waals surface area contributed by atoms with Crippen molar-refractivity contribution >= 4 is 23.3 Å². The molecule has 1 aliphatic rings. The molecule has 8 heteroatoms. The maximum absolute atomic E-state index is 13.6. The summed E-state index contributed by atoms with van der Waals surface area (Å²) in [6, 6.07) is 18.9. The number of nitrogens with one attached hydrogen (secondary N) is 2. The van der Waals surface area contributed by atoms with Crippen molar-refractivity contribution in [3.8, 4) is 17.2 Å². The number of urea groups is 1. The molecule has 2 N–H and O–H groups in total. The number of rotatable bonds is 7. The maximum atomic E-state index is 13.6. The first-order chi connectivity index (χ1) is 16.5. The summed E-state index contributed by atoms with van der Waals surface area (Å²) < 4.78 is 16.0. The van der Waals surface area contributed by atoms with Crippen LogP contribution in [0.4, 0.5) is 16.2 Å². The minimum absolute atomic E-state index is 0.198. The van der Waals surface area contributed by atoms with E-state index in [0.717, 1.165) is 17.7 Å². The van der Waals surface area contributed by atoms with E-state index in [-0.39, 0.29) is 5.91 Å². The number of amides is 3. The molecule has 4 rings (SSSR count). The lowest BCUT2D eigenvalue weighted by molar-refractivity contribution is -0.120. The van der Waals surface area contributed by atoms with Crippen LogP contribution in [0.25, 0.3) is 0 Å². The van der Waals surface area contributed by atoms with E-state index in [1.54, 1.807) is 17.0 Å². The van der Waals surface area contributed by atoms with Crippen LogP contribution in [0.15, 0.2) is 66.7 Å². The molecule has 0 saturated heterocycles. The average molecular weight is 462 g/mol. The van der Waals surface area contributed by atoms with E-state index in [0.29, 0.717) is 35.0 Å². The van der Waals surface area contributed by atoms with Crippen molar-refractivity contribution in [2.75, 3.05) is 38.1 Å². The highest BCUT2D eigenvalue weighted by Crippen LogP contribution is 2.40. The second kappa shape index (κ2) is 10.2. The molecule has 8 nitrogen and oxygen atoms in total. The van der Waals surface area contributed by atoms with Gasteiger partial charge in [-0.05, 0) is 23.6 Å². The Kier molecular flexibility index (Phi) is 6.87. The van der Waals surface area contributed by atoms with Crippen molar-refractivity contribution in [2.24, 2.45) is 0 Å². The van der Waals surface area contributed by atoms with Gasteiger partial charge in [-0.15, -0.1) is 0 Å². The van der Waals surface area contributed by atoms with Crippen molar-refractivity contribution in [1.82, 2.24) is 5.32 Å². The largest absolute Gasteiger partial charge is 0.493 e. The van der Waals surface area contributed by atoms with Gasteiger partial charge in [-0.1, -0.05) is 48.5 Å². The standard InChI is InChI=1S/C26H27N3O5/c1-32-21-15-19(16-22(33-2)24(21)34-3)27-26(31)28-23(18-10-5-4-6-11-18)25(30)29-14-13-17-9-7-8-12-20(17)29/h4-12,15-16,23H,13-14H2,1-3H3,(H2,27,28,31)/t23-/m0/s1. The minimum Gasteiger partial charge on any atom is -0.493 e. The molecule has 0 unspecified atom stereocenters. The van der Waals surface area contributed by atoms with Crippen molar-refractivity contribution in [3.63, 3.8) is 0 Å². The first-order valence-corrected chi connectivity index (χ1v) is 10.9. The number of carbonyl (C=O) groups is 2. The Morgan fingerprint density at radius 3 is 2.18 bits per heavy atom. The van der Waals surface area contributed by atoms with Gasteiger partial charge < -0.3 is 29.7 Å². The summed E-state index contributed by atoms with van der Waals surface area (Å²) in [5, 5.41) is 5.61. The molecule has 1 atom stereocenters. The smallest absolute Gasteiger partial charge is 0.320 e. The zero-order chi connectivity index (χ0) is 24.1. The molecule has 0 radical (unpaired) electrons. The molecule has 176 valence electrons. The zero-order valence-corrected chi connectivity index (χ0v) is 19.3. The van der Waals surface area contributed by atoms with E-state index in [4.69, 9.17) is 14.2 Å². The number of hydrogen-bond acceptors (Lipinski definition) is 5. The molecule has 3 aromatic rings. The molecular weight excluding hydrogens is 434 g/mol. The van der Waals surface area contributed by atoms with E-state index >= 15 is 0 Å². The molecule has 0 fully saturated rings. The molecule has 3 amide bonds. The third kappa shape index (κ3) is 4.61. The molecule has 0 aliphatic carbocycles. The van der Waals surface area contributed by atoms with E-state index in [1.807, 2.05) is 54.6 Å². The van der Waals surface area contributed by atoms with Crippen LogP contribution in [-0.2, 0) is 11.2 Å². The second-order valence-electron chi connectivity index (χ2n) is 7.72. The Labute approximate surface area is 198 Å². The van der Waals surface area contributed by atoms with Gasteiger partial charge in [0.1, 0.15) is 6.04 Å². The van der Waals surface area contributed by atoms with E-state index in [9.17, 15) is 9.59 Å². The number of benzene rings is 3. The number of para-hydroxylation sites is 1. The quantitative estimate of drug-likeness (QED) is 0.552. The van der Waals surface area contributed by atoms with E-state index in [2.05, 4.69) is 10.6 Å². The predicted octanol–water partition coefficient (Wildman–Crippen LogP) is 4.16. The highest BCUT2D eigenvalue weighted by molar-refractivity contribution is 6.02. The van der Waals surface area contributed by atoms with Gasteiger partial charge in [-0.3, -0.25) is 4.79 Å². The summed E-state index contributed by atoms with van der Waals surface area (Å²) in [6.45, 7) is 0.567. The molecule has 1 aliphatic heterocycles. The highest BCUT2D eigenvalue weighted by Gasteiger charge is 2.32. The minimum atomic E-state index is -0.866. The van der Waals surface area contributed by atoms with Crippen LogP contribution in [0.3, 0.4) is 0 Å². The number of hydrogen-bond donors (Lipinski definition) is 2. The fourth-order valence-corrected chi connectivity index (χ4v) is 4.11. The zero-order valence-electron chi connectivity index (χ0n) is 19.3. The lowest BCUT2D eigenvalue weighted by Gasteiger charge is -2.25. The Morgan fingerprint density at radius 2 is 1.53 bits per heavy atom. The first kappa shape index (κ1) is 23.0. The monoisotopic (exact) mass is 461 g/mol. The van der Waals surface area contributed by atoms with Gasteiger partial charge >= 0.3 is 6.03 Å². The first-order valence-electron chi connectivity index (χ1n) is 10.9.